The first-order valence-corrected chi connectivity index (χ1v) is 8.42. The van der Waals surface area contributed by atoms with Crippen molar-refractivity contribution in [2.45, 2.75) is 0 Å². The summed E-state index contributed by atoms with van der Waals surface area (Å²) in [5.74, 6) is 1.14. The first kappa shape index (κ1) is 18.4. The molecule has 0 aliphatic carbocycles. The van der Waals surface area contributed by atoms with E-state index in [1.54, 1.807) is 30.3 Å². The minimum atomic E-state index is -0.236. The molecule has 3 rings (SSSR count). The molecule has 1 heterocycles. The van der Waals surface area contributed by atoms with Gasteiger partial charge in [-0.3, -0.25) is 4.79 Å². The van der Waals surface area contributed by atoms with Crippen molar-refractivity contribution in [1.29, 1.82) is 0 Å². The lowest BCUT2D eigenvalue weighted by molar-refractivity contribution is 0.0996. The Hall–Kier alpha value is -2.37. The van der Waals surface area contributed by atoms with Gasteiger partial charge in [0.25, 0.3) is 0 Å². The number of hydrogen-bond acceptors (Lipinski definition) is 5. The summed E-state index contributed by atoms with van der Waals surface area (Å²) in [5, 5.41) is 0.786. The molecule has 0 atom stereocenters. The number of ether oxygens (including phenoxy) is 4. The normalized spacial score (nSPS) is 14.7. The summed E-state index contributed by atoms with van der Waals surface area (Å²) >= 11 is 12.3. The van der Waals surface area contributed by atoms with Gasteiger partial charge in [-0.25, -0.2) is 0 Å². The lowest BCUT2D eigenvalue weighted by Gasteiger charge is -2.23. The van der Waals surface area contributed by atoms with E-state index in [-0.39, 0.29) is 23.7 Å². The molecule has 0 radical (unpaired) electrons. The molecule has 5 nitrogen and oxygen atoms in total. The van der Waals surface area contributed by atoms with Crippen molar-refractivity contribution in [3.8, 4) is 23.0 Å². The van der Waals surface area contributed by atoms with Gasteiger partial charge in [0, 0.05) is 11.6 Å². The summed E-state index contributed by atoms with van der Waals surface area (Å²) in [7, 11) is 4.43. The Labute approximate surface area is 161 Å². The summed E-state index contributed by atoms with van der Waals surface area (Å²) in [5.41, 5.74) is 1.34. The lowest BCUT2D eigenvalue weighted by atomic mass is 9.96. The van der Waals surface area contributed by atoms with Gasteiger partial charge in [0.05, 0.1) is 31.4 Å². The van der Waals surface area contributed by atoms with Crippen molar-refractivity contribution in [1.82, 2.24) is 0 Å². The molecule has 0 saturated carbocycles. The van der Waals surface area contributed by atoms with Crippen LogP contribution in [0.4, 0.5) is 0 Å². The number of ketones is 1. The van der Waals surface area contributed by atoms with Crippen LogP contribution in [-0.4, -0.2) is 33.7 Å². The van der Waals surface area contributed by atoms with E-state index >= 15 is 0 Å². The van der Waals surface area contributed by atoms with Gasteiger partial charge in [-0.05, 0) is 17.7 Å². The maximum absolute atomic E-state index is 13.1. The second-order valence-corrected chi connectivity index (χ2v) is 6.23. The number of rotatable bonds is 4. The van der Waals surface area contributed by atoms with Crippen molar-refractivity contribution in [3.05, 3.63) is 51.0 Å². The maximum atomic E-state index is 13.1. The predicted octanol–water partition coefficient (Wildman–Crippen LogP) is 4.68. The molecule has 136 valence electrons. The zero-order valence-electron chi connectivity index (χ0n) is 14.4. The number of carbonyl (C=O) groups excluding carboxylic acids is 1. The van der Waals surface area contributed by atoms with Crippen LogP contribution in [0.3, 0.4) is 0 Å². The monoisotopic (exact) mass is 394 g/mol. The molecule has 26 heavy (non-hydrogen) atoms. The molecular weight excluding hydrogens is 379 g/mol. The van der Waals surface area contributed by atoms with Gasteiger partial charge in [-0.1, -0.05) is 35.3 Å². The van der Waals surface area contributed by atoms with Crippen LogP contribution in [-0.2, 0) is 0 Å². The van der Waals surface area contributed by atoms with Crippen LogP contribution in [0.25, 0.3) is 6.08 Å². The fraction of sp³-hybridized carbons (Fsp3) is 0.211. The van der Waals surface area contributed by atoms with Crippen molar-refractivity contribution in [2.24, 2.45) is 0 Å². The molecule has 2 aromatic carbocycles. The molecule has 0 bridgehead atoms. The number of halogens is 2. The van der Waals surface area contributed by atoms with E-state index in [4.69, 9.17) is 42.1 Å². The second-order valence-electron chi connectivity index (χ2n) is 5.45. The Morgan fingerprint density at radius 3 is 2.46 bits per heavy atom. The Morgan fingerprint density at radius 1 is 1.08 bits per heavy atom. The van der Waals surface area contributed by atoms with Gasteiger partial charge in [-0.2, -0.15) is 0 Å². The molecule has 0 N–H and O–H groups in total. The third kappa shape index (κ3) is 3.08. The van der Waals surface area contributed by atoms with Crippen LogP contribution >= 0.6 is 23.2 Å². The molecule has 2 aromatic rings. The highest BCUT2D eigenvalue weighted by atomic mass is 35.5. The van der Waals surface area contributed by atoms with Gasteiger partial charge in [0.2, 0.25) is 5.75 Å². The zero-order chi connectivity index (χ0) is 18.8. The summed E-state index contributed by atoms with van der Waals surface area (Å²) in [6, 6.07) is 6.82. The number of hydrogen-bond donors (Lipinski definition) is 0. The van der Waals surface area contributed by atoms with Gasteiger partial charge in [0.15, 0.2) is 17.3 Å². The summed E-state index contributed by atoms with van der Waals surface area (Å²) in [4.78, 5) is 13.1. The molecule has 0 fully saturated rings. The van der Waals surface area contributed by atoms with Crippen molar-refractivity contribution < 1.29 is 23.7 Å². The van der Waals surface area contributed by atoms with Crippen LogP contribution in [0.2, 0.25) is 10.0 Å². The standard InChI is InChI=1S/C19H16Cl2O5/c1-23-14-8-13-15(19(25-3)18(14)24-2)17(22)11(9-26-13)7-10-5-4-6-12(20)16(10)21/h4-8H,9H2,1-3H3/b11-7+. The Morgan fingerprint density at radius 2 is 1.81 bits per heavy atom. The highest BCUT2D eigenvalue weighted by molar-refractivity contribution is 6.43. The summed E-state index contributed by atoms with van der Waals surface area (Å²) < 4.78 is 21.8. The number of fused-ring (bicyclic) bond motifs is 1. The van der Waals surface area contributed by atoms with Crippen molar-refractivity contribution >= 4 is 35.1 Å². The molecule has 1 aliphatic heterocycles. The number of Topliss-reactive ketones (excluding diaryl/α,β-unsaturated/α-hetero) is 1. The molecular formula is C19H16Cl2O5. The highest BCUT2D eigenvalue weighted by Gasteiger charge is 2.32. The van der Waals surface area contributed by atoms with E-state index in [9.17, 15) is 4.79 Å². The average Bonchev–Trinajstić information content (AvgIpc) is 2.65. The molecule has 0 aromatic heterocycles. The van der Waals surface area contributed by atoms with Gasteiger partial charge >= 0.3 is 0 Å². The maximum Gasteiger partial charge on any atom is 0.204 e. The van der Waals surface area contributed by atoms with Gasteiger partial charge in [0.1, 0.15) is 17.9 Å². The molecule has 0 amide bonds. The van der Waals surface area contributed by atoms with Crippen LogP contribution < -0.4 is 18.9 Å². The molecule has 0 saturated heterocycles. The number of benzene rings is 2. The Kier molecular flexibility index (Phi) is 5.30. The van der Waals surface area contributed by atoms with Crippen molar-refractivity contribution in [3.63, 3.8) is 0 Å². The SMILES string of the molecule is COc1cc2c(c(OC)c1OC)C(=O)/C(=C/c1cccc(Cl)c1Cl)CO2. The van der Waals surface area contributed by atoms with Crippen molar-refractivity contribution in [2.75, 3.05) is 27.9 Å². The smallest absolute Gasteiger partial charge is 0.204 e. The van der Waals surface area contributed by atoms with Gasteiger partial charge < -0.3 is 18.9 Å². The fourth-order valence-corrected chi connectivity index (χ4v) is 3.13. The number of methoxy groups -OCH3 is 3. The zero-order valence-corrected chi connectivity index (χ0v) is 15.9. The minimum absolute atomic E-state index is 0.0906. The van der Waals surface area contributed by atoms with E-state index < -0.39 is 0 Å². The largest absolute Gasteiger partial charge is 0.493 e. The number of carbonyl (C=O) groups is 1. The van der Waals surface area contributed by atoms with E-state index in [0.717, 1.165) is 0 Å². The molecule has 1 aliphatic rings. The first-order valence-electron chi connectivity index (χ1n) is 7.66. The predicted molar refractivity (Wildman–Crippen MR) is 100 cm³/mol. The fourth-order valence-electron chi connectivity index (χ4n) is 2.77. The second kappa shape index (κ2) is 7.48. The third-order valence-corrected chi connectivity index (χ3v) is 4.84. The summed E-state index contributed by atoms with van der Waals surface area (Å²) in [6.45, 7) is 0.0906. The van der Waals surface area contributed by atoms with Crippen LogP contribution in [0, 0.1) is 0 Å². The van der Waals surface area contributed by atoms with Crippen LogP contribution in [0.15, 0.2) is 29.8 Å². The Balaban J connectivity index is 2.13. The summed E-state index contributed by atoms with van der Waals surface area (Å²) in [6.07, 6.45) is 1.66. The lowest BCUT2D eigenvalue weighted by Crippen LogP contribution is -2.20. The minimum Gasteiger partial charge on any atom is -0.493 e. The average molecular weight is 395 g/mol. The third-order valence-electron chi connectivity index (χ3n) is 4.01. The molecule has 0 spiro atoms. The van der Waals surface area contributed by atoms with E-state index in [2.05, 4.69) is 0 Å². The molecule has 0 unspecified atom stereocenters. The van der Waals surface area contributed by atoms with E-state index in [1.165, 1.54) is 21.3 Å². The molecule has 7 heteroatoms. The van der Waals surface area contributed by atoms with Crippen LogP contribution in [0.1, 0.15) is 15.9 Å². The first-order chi connectivity index (χ1) is 12.5. The quantitative estimate of drug-likeness (QED) is 0.704. The van der Waals surface area contributed by atoms with E-state index in [1.807, 2.05) is 0 Å². The van der Waals surface area contributed by atoms with E-state index in [0.29, 0.717) is 38.4 Å². The highest BCUT2D eigenvalue weighted by Crippen LogP contribution is 2.47. The topological polar surface area (TPSA) is 54.0 Å². The van der Waals surface area contributed by atoms with Gasteiger partial charge in [-0.15, -0.1) is 0 Å². The Bertz CT molecular complexity index is 905. The van der Waals surface area contributed by atoms with Crippen LogP contribution in [0.5, 0.6) is 23.0 Å².